The van der Waals surface area contributed by atoms with Gasteiger partial charge in [0.25, 0.3) is 5.91 Å². The van der Waals surface area contributed by atoms with Crippen LogP contribution in [0.2, 0.25) is 0 Å². The number of aromatic amines is 1. The predicted molar refractivity (Wildman–Crippen MR) is 160 cm³/mol. The van der Waals surface area contributed by atoms with Crippen LogP contribution in [0, 0.1) is 0 Å². The van der Waals surface area contributed by atoms with Crippen LogP contribution in [0.25, 0.3) is 22.6 Å². The van der Waals surface area contributed by atoms with E-state index >= 15 is 0 Å². The molecule has 0 saturated carbocycles. The lowest BCUT2D eigenvalue weighted by atomic mass is 10.2. The van der Waals surface area contributed by atoms with E-state index in [0.29, 0.717) is 36.1 Å². The van der Waals surface area contributed by atoms with Gasteiger partial charge in [0.1, 0.15) is 0 Å². The number of nitrogens with zero attached hydrogens (tertiary/aromatic N) is 3. The summed E-state index contributed by atoms with van der Waals surface area (Å²) in [6, 6.07) is 15.1. The number of H-pyrrole nitrogens is 1. The van der Waals surface area contributed by atoms with Gasteiger partial charge in [-0.05, 0) is 61.4 Å². The highest BCUT2D eigenvalue weighted by atomic mass is 35.5. The number of rotatable bonds is 11. The van der Waals surface area contributed by atoms with Crippen LogP contribution >= 0.6 is 35.4 Å². The van der Waals surface area contributed by atoms with Crippen LogP contribution in [-0.4, -0.2) is 50.3 Å². The number of amides is 1. The Balaban J connectivity index is 1.48. The first-order chi connectivity index (χ1) is 17.9. The fraction of sp³-hybridized carbons (Fsp3) is 0.296. The molecule has 4 rings (SSSR count). The maximum atomic E-state index is 13.0. The third-order valence-corrected chi connectivity index (χ3v) is 6.60. The van der Waals surface area contributed by atoms with Gasteiger partial charge in [0, 0.05) is 55.0 Å². The molecule has 0 spiro atoms. The van der Waals surface area contributed by atoms with Gasteiger partial charge in [-0.1, -0.05) is 19.1 Å². The van der Waals surface area contributed by atoms with Crippen LogP contribution in [-0.2, 0) is 7.05 Å². The van der Waals surface area contributed by atoms with Crippen molar-refractivity contribution in [1.82, 2.24) is 14.5 Å². The first-order valence-electron chi connectivity index (χ1n) is 12.2. The highest BCUT2D eigenvalue weighted by Gasteiger charge is 2.14. The second-order valence-corrected chi connectivity index (χ2v) is 9.96. The van der Waals surface area contributed by atoms with Crippen LogP contribution in [0.15, 0.2) is 54.7 Å². The number of aromatic nitrogens is 3. The van der Waals surface area contributed by atoms with E-state index < -0.39 is 0 Å². The molecular weight excluding hydrogens is 527 g/mol. The smallest absolute Gasteiger partial charge is 0.255 e. The minimum atomic E-state index is -0.195. The lowest BCUT2D eigenvalue weighted by molar-refractivity contribution is 0.102. The summed E-state index contributed by atoms with van der Waals surface area (Å²) in [4.78, 5) is 24.0. The first kappa shape index (κ1) is 27.0. The number of fused-ring (bicyclic) bond motifs is 1. The molecule has 0 bridgehead atoms. The summed E-state index contributed by atoms with van der Waals surface area (Å²) in [5.41, 5.74) is 5.67. The van der Waals surface area contributed by atoms with Crippen molar-refractivity contribution < 1.29 is 4.79 Å². The van der Waals surface area contributed by atoms with Crippen molar-refractivity contribution in [3.05, 3.63) is 60.3 Å². The van der Waals surface area contributed by atoms with Gasteiger partial charge in [0.05, 0.1) is 27.4 Å². The second-order valence-electron chi connectivity index (χ2n) is 8.71. The van der Waals surface area contributed by atoms with Gasteiger partial charge < -0.3 is 25.1 Å². The van der Waals surface area contributed by atoms with Gasteiger partial charge in [-0.3, -0.25) is 4.79 Å². The number of carbonyl (C=O) groups excluding carboxylic acids is 1. The highest BCUT2D eigenvalue weighted by Crippen LogP contribution is 2.26. The van der Waals surface area contributed by atoms with Crippen molar-refractivity contribution in [2.24, 2.45) is 7.05 Å². The van der Waals surface area contributed by atoms with Crippen LogP contribution < -0.4 is 15.5 Å². The molecule has 0 aliphatic rings. The Morgan fingerprint density at radius 3 is 2.46 bits per heavy atom. The number of hydrogen-bond donors (Lipinski definition) is 3. The number of carbonyl (C=O) groups is 1. The summed E-state index contributed by atoms with van der Waals surface area (Å²) in [6.07, 6.45) is 3.83. The molecule has 2 aromatic heterocycles. The molecule has 3 N–H and O–H groups in total. The topological polar surface area (TPSA) is 78.0 Å². The van der Waals surface area contributed by atoms with E-state index in [1.54, 1.807) is 6.07 Å². The Morgan fingerprint density at radius 1 is 1.05 bits per heavy atom. The molecule has 194 valence electrons. The molecule has 0 atom stereocenters. The predicted octanol–water partition coefficient (Wildman–Crippen LogP) is 6.64. The monoisotopic (exact) mass is 556 g/mol. The number of anilines is 3. The van der Waals surface area contributed by atoms with E-state index in [1.807, 2.05) is 60.3 Å². The molecule has 0 fully saturated rings. The average Bonchev–Trinajstić information content (AvgIpc) is 3.46. The molecule has 2 aromatic carbocycles. The average molecular weight is 558 g/mol. The number of halogens is 2. The summed E-state index contributed by atoms with van der Waals surface area (Å²) >= 11 is 17.2. The number of nitrogens with one attached hydrogen (secondary N) is 3. The van der Waals surface area contributed by atoms with E-state index in [9.17, 15) is 4.79 Å². The fourth-order valence-electron chi connectivity index (χ4n) is 4.12. The second kappa shape index (κ2) is 12.4. The third kappa shape index (κ3) is 6.63. The number of thiocarbonyl (C=S) groups is 1. The summed E-state index contributed by atoms with van der Waals surface area (Å²) in [5.74, 6) is 1.56. The van der Waals surface area contributed by atoms with E-state index in [-0.39, 0.29) is 5.91 Å². The molecule has 1 amide bonds. The first-order valence-corrected chi connectivity index (χ1v) is 13.6. The molecule has 0 radical (unpaired) electrons. The molecule has 0 saturated heterocycles. The van der Waals surface area contributed by atoms with Crippen molar-refractivity contribution in [3.8, 4) is 11.5 Å². The Labute approximate surface area is 232 Å². The number of benzene rings is 2. The third-order valence-electron chi connectivity index (χ3n) is 5.95. The quantitative estimate of drug-likeness (QED) is 0.142. The van der Waals surface area contributed by atoms with E-state index in [2.05, 4.69) is 27.4 Å². The zero-order valence-electron chi connectivity index (χ0n) is 20.9. The molecule has 4 aromatic rings. The maximum Gasteiger partial charge on any atom is 0.255 e. The van der Waals surface area contributed by atoms with Gasteiger partial charge >= 0.3 is 0 Å². The normalized spacial score (nSPS) is 11.0. The van der Waals surface area contributed by atoms with Crippen molar-refractivity contribution in [2.45, 2.75) is 19.8 Å². The summed E-state index contributed by atoms with van der Waals surface area (Å²) < 4.78 is 1.99. The number of aryl methyl sites for hydroxylation is 1. The minimum absolute atomic E-state index is 0.195. The molecule has 0 aliphatic carbocycles. The SMILES string of the molecule is CCCC(=S)Nc1cc(-c2nc3ccc(C(=O)Nc4ccc(N(CCCl)CCCl)cc4)cc3[nH]2)n(C)c1. The Hall–Kier alpha value is -3.07. The summed E-state index contributed by atoms with van der Waals surface area (Å²) in [6.45, 7) is 3.52. The molecule has 37 heavy (non-hydrogen) atoms. The lowest BCUT2D eigenvalue weighted by Gasteiger charge is -2.23. The Morgan fingerprint density at radius 2 is 1.78 bits per heavy atom. The minimum Gasteiger partial charge on any atom is -0.369 e. The van der Waals surface area contributed by atoms with E-state index in [4.69, 9.17) is 40.4 Å². The number of alkyl halides is 2. The summed E-state index contributed by atoms with van der Waals surface area (Å²) in [7, 11) is 1.96. The molecule has 2 heterocycles. The standard InChI is InChI=1S/C27H30Cl2N6OS/c1-3-4-25(37)30-20-16-24(34(2)17-20)26-32-22-10-5-18(15-23(22)33-26)27(36)31-19-6-8-21(9-7-19)35(13-11-28)14-12-29/h5-10,15-17H,3-4,11-14H2,1-2H3,(H,30,37)(H,31,36)(H,32,33). The van der Waals surface area contributed by atoms with Gasteiger partial charge in [-0.15, -0.1) is 23.2 Å². The Bertz CT molecular complexity index is 1380. The molecule has 7 nitrogen and oxygen atoms in total. The Kier molecular flexibility index (Phi) is 9.08. The lowest BCUT2D eigenvalue weighted by Crippen LogP contribution is -2.27. The van der Waals surface area contributed by atoms with Crippen molar-refractivity contribution in [3.63, 3.8) is 0 Å². The molecule has 10 heteroatoms. The maximum absolute atomic E-state index is 13.0. The van der Waals surface area contributed by atoms with Crippen molar-refractivity contribution >= 4 is 74.4 Å². The van der Waals surface area contributed by atoms with Crippen LogP contribution in [0.1, 0.15) is 30.1 Å². The summed E-state index contributed by atoms with van der Waals surface area (Å²) in [5, 5.41) is 6.24. The fourth-order valence-corrected chi connectivity index (χ4v) is 4.85. The van der Waals surface area contributed by atoms with Crippen molar-refractivity contribution in [2.75, 3.05) is 40.4 Å². The largest absolute Gasteiger partial charge is 0.369 e. The molecular formula is C27H30Cl2N6OS. The van der Waals surface area contributed by atoms with Crippen LogP contribution in [0.5, 0.6) is 0 Å². The van der Waals surface area contributed by atoms with Gasteiger partial charge in [-0.2, -0.15) is 0 Å². The molecule has 0 unspecified atom stereocenters. The zero-order chi connectivity index (χ0) is 26.4. The van der Waals surface area contributed by atoms with E-state index in [0.717, 1.165) is 51.8 Å². The van der Waals surface area contributed by atoms with Crippen molar-refractivity contribution in [1.29, 1.82) is 0 Å². The number of hydrogen-bond acceptors (Lipinski definition) is 4. The van der Waals surface area contributed by atoms with Crippen LogP contribution in [0.3, 0.4) is 0 Å². The van der Waals surface area contributed by atoms with Gasteiger partial charge in [0.2, 0.25) is 0 Å². The number of imidazole rings is 1. The van der Waals surface area contributed by atoms with Gasteiger partial charge in [-0.25, -0.2) is 4.98 Å². The van der Waals surface area contributed by atoms with E-state index in [1.165, 1.54) is 0 Å². The highest BCUT2D eigenvalue weighted by molar-refractivity contribution is 7.80. The van der Waals surface area contributed by atoms with Gasteiger partial charge in [0.15, 0.2) is 5.82 Å². The van der Waals surface area contributed by atoms with Crippen LogP contribution in [0.4, 0.5) is 17.1 Å². The molecule has 0 aliphatic heterocycles. The zero-order valence-corrected chi connectivity index (χ0v) is 23.2.